The fourth-order valence-electron chi connectivity index (χ4n) is 3.18. The molecule has 2 aromatic rings. The van der Waals surface area contributed by atoms with Gasteiger partial charge in [-0.15, -0.1) is 0 Å². The normalized spacial score (nSPS) is 14.6. The zero-order valence-corrected chi connectivity index (χ0v) is 16.3. The Morgan fingerprint density at radius 3 is 2.19 bits per heavy atom. The smallest absolute Gasteiger partial charge is 0.240 e. The van der Waals surface area contributed by atoms with E-state index in [1.807, 2.05) is 25.1 Å². The highest BCUT2D eigenvalue weighted by atomic mass is 16.5. The van der Waals surface area contributed by atoms with Crippen LogP contribution >= 0.6 is 0 Å². The molecule has 0 atom stereocenters. The number of hydrogen-bond donors (Lipinski definition) is 2. The van der Waals surface area contributed by atoms with Gasteiger partial charge in [0, 0.05) is 11.4 Å². The number of methoxy groups -OCH3 is 1. The van der Waals surface area contributed by atoms with Gasteiger partial charge in [-0.2, -0.15) is 0 Å². The topological polar surface area (TPSA) is 67.4 Å². The zero-order chi connectivity index (χ0) is 19.6. The minimum absolute atomic E-state index is 0.232. The van der Waals surface area contributed by atoms with Crippen molar-refractivity contribution in [3.8, 4) is 5.75 Å². The van der Waals surface area contributed by atoms with E-state index in [2.05, 4.69) is 24.5 Å². The molecule has 0 radical (unpaired) electrons. The molecule has 2 aromatic carbocycles. The van der Waals surface area contributed by atoms with Gasteiger partial charge in [-0.25, -0.2) is 0 Å². The van der Waals surface area contributed by atoms with Crippen LogP contribution in [0.25, 0.3) is 0 Å². The van der Waals surface area contributed by atoms with E-state index >= 15 is 0 Å². The van der Waals surface area contributed by atoms with Gasteiger partial charge in [0.1, 0.15) is 11.2 Å². The molecule has 0 aromatic heterocycles. The number of amides is 2. The SMILES string of the molecule is COc1ccc(NC(=O)C2(C(=O)Nc3c(C)cccc3C(C)C)CC2)cc1. The van der Waals surface area contributed by atoms with Crippen molar-refractivity contribution in [2.75, 3.05) is 17.7 Å². The molecular weight excluding hydrogens is 340 g/mol. The maximum Gasteiger partial charge on any atom is 0.240 e. The summed E-state index contributed by atoms with van der Waals surface area (Å²) in [6.45, 7) is 6.15. The number of rotatable bonds is 6. The van der Waals surface area contributed by atoms with Crippen molar-refractivity contribution in [1.82, 2.24) is 0 Å². The standard InChI is InChI=1S/C22H26N2O3/c1-14(2)18-7-5-6-15(3)19(18)24-21(26)22(12-13-22)20(25)23-16-8-10-17(27-4)11-9-16/h5-11,14H,12-13H2,1-4H3,(H,23,25)(H,24,26). The molecule has 1 saturated carbocycles. The zero-order valence-electron chi connectivity index (χ0n) is 16.3. The molecule has 2 amide bonds. The first-order valence-corrected chi connectivity index (χ1v) is 9.24. The molecule has 0 heterocycles. The van der Waals surface area contributed by atoms with Crippen LogP contribution < -0.4 is 15.4 Å². The number of ether oxygens (including phenoxy) is 1. The van der Waals surface area contributed by atoms with Gasteiger partial charge in [0.05, 0.1) is 7.11 Å². The summed E-state index contributed by atoms with van der Waals surface area (Å²) in [5, 5.41) is 5.89. The van der Waals surface area contributed by atoms with Crippen molar-refractivity contribution in [2.24, 2.45) is 5.41 Å². The Balaban J connectivity index is 1.75. The van der Waals surface area contributed by atoms with E-state index in [1.54, 1.807) is 31.4 Å². The lowest BCUT2D eigenvalue weighted by Gasteiger charge is -2.20. The molecule has 5 heteroatoms. The molecule has 0 saturated heterocycles. The van der Waals surface area contributed by atoms with Crippen LogP contribution in [0, 0.1) is 12.3 Å². The average Bonchev–Trinajstić information content (AvgIpc) is 3.46. The minimum atomic E-state index is -0.990. The van der Waals surface area contributed by atoms with Gasteiger partial charge in [0.15, 0.2) is 0 Å². The summed E-state index contributed by atoms with van der Waals surface area (Å²) < 4.78 is 5.12. The lowest BCUT2D eigenvalue weighted by Crippen LogP contribution is -2.36. The predicted octanol–water partition coefficient (Wildman–Crippen LogP) is 4.48. The lowest BCUT2D eigenvalue weighted by atomic mass is 9.97. The Bertz CT molecular complexity index is 852. The highest BCUT2D eigenvalue weighted by molar-refractivity contribution is 6.17. The molecule has 142 valence electrons. The summed E-state index contributed by atoms with van der Waals surface area (Å²) in [5.41, 5.74) is 2.56. The van der Waals surface area contributed by atoms with Gasteiger partial charge < -0.3 is 15.4 Å². The van der Waals surface area contributed by atoms with Gasteiger partial charge in [0.2, 0.25) is 11.8 Å². The maximum atomic E-state index is 13.0. The first-order chi connectivity index (χ1) is 12.9. The molecule has 0 bridgehead atoms. The van der Waals surface area contributed by atoms with E-state index in [4.69, 9.17) is 4.74 Å². The molecule has 3 rings (SSSR count). The van der Waals surface area contributed by atoms with E-state index in [0.29, 0.717) is 24.3 Å². The lowest BCUT2D eigenvalue weighted by molar-refractivity contribution is -0.131. The number of carbonyl (C=O) groups is 2. The molecule has 0 spiro atoms. The first-order valence-electron chi connectivity index (χ1n) is 9.24. The molecule has 2 N–H and O–H groups in total. The molecule has 1 fully saturated rings. The Kier molecular flexibility index (Phi) is 5.22. The van der Waals surface area contributed by atoms with Crippen molar-refractivity contribution in [3.63, 3.8) is 0 Å². The van der Waals surface area contributed by atoms with Crippen LogP contribution in [0.4, 0.5) is 11.4 Å². The second-order valence-corrected chi connectivity index (χ2v) is 7.41. The molecule has 27 heavy (non-hydrogen) atoms. The quantitative estimate of drug-likeness (QED) is 0.741. The Morgan fingerprint density at radius 1 is 1.00 bits per heavy atom. The van der Waals surface area contributed by atoms with Crippen LogP contribution in [0.1, 0.15) is 43.7 Å². The Hall–Kier alpha value is -2.82. The van der Waals surface area contributed by atoms with Crippen molar-refractivity contribution < 1.29 is 14.3 Å². The summed E-state index contributed by atoms with van der Waals surface area (Å²) in [7, 11) is 1.59. The van der Waals surface area contributed by atoms with Crippen LogP contribution in [0.15, 0.2) is 42.5 Å². The predicted molar refractivity (Wildman–Crippen MR) is 107 cm³/mol. The maximum absolute atomic E-state index is 13.0. The van der Waals surface area contributed by atoms with E-state index < -0.39 is 5.41 Å². The van der Waals surface area contributed by atoms with Crippen molar-refractivity contribution in [2.45, 2.75) is 39.5 Å². The summed E-state index contributed by atoms with van der Waals surface area (Å²) in [5.74, 6) is 0.505. The van der Waals surface area contributed by atoms with E-state index in [9.17, 15) is 9.59 Å². The van der Waals surface area contributed by atoms with Crippen molar-refractivity contribution in [1.29, 1.82) is 0 Å². The number of aryl methyl sites for hydroxylation is 1. The summed E-state index contributed by atoms with van der Waals surface area (Å²) in [6, 6.07) is 13.1. The molecule has 1 aliphatic carbocycles. The molecular formula is C22H26N2O3. The molecule has 0 unspecified atom stereocenters. The summed E-state index contributed by atoms with van der Waals surface area (Å²) >= 11 is 0. The summed E-state index contributed by atoms with van der Waals surface area (Å²) in [4.78, 5) is 25.7. The third-order valence-electron chi connectivity index (χ3n) is 5.13. The van der Waals surface area contributed by atoms with Gasteiger partial charge in [-0.3, -0.25) is 9.59 Å². The monoisotopic (exact) mass is 366 g/mol. The van der Waals surface area contributed by atoms with Crippen LogP contribution in [0.5, 0.6) is 5.75 Å². The van der Waals surface area contributed by atoms with E-state index in [-0.39, 0.29) is 17.7 Å². The van der Waals surface area contributed by atoms with Crippen molar-refractivity contribution >= 4 is 23.2 Å². The van der Waals surface area contributed by atoms with Gasteiger partial charge in [0.25, 0.3) is 0 Å². The minimum Gasteiger partial charge on any atom is -0.497 e. The Morgan fingerprint density at radius 2 is 1.63 bits per heavy atom. The first kappa shape index (κ1) is 19.0. The molecule has 0 aliphatic heterocycles. The largest absolute Gasteiger partial charge is 0.497 e. The van der Waals surface area contributed by atoms with Crippen LogP contribution in [0.3, 0.4) is 0 Å². The fourth-order valence-corrected chi connectivity index (χ4v) is 3.18. The number of hydrogen-bond acceptors (Lipinski definition) is 3. The van der Waals surface area contributed by atoms with Crippen LogP contribution in [-0.2, 0) is 9.59 Å². The number of nitrogens with one attached hydrogen (secondary N) is 2. The third-order valence-corrected chi connectivity index (χ3v) is 5.13. The number of carbonyl (C=O) groups excluding carboxylic acids is 2. The third kappa shape index (κ3) is 3.82. The highest BCUT2D eigenvalue weighted by Gasteiger charge is 2.56. The van der Waals surface area contributed by atoms with Gasteiger partial charge in [-0.05, 0) is 61.1 Å². The molecule has 1 aliphatic rings. The van der Waals surface area contributed by atoms with E-state index in [0.717, 1.165) is 16.8 Å². The highest BCUT2D eigenvalue weighted by Crippen LogP contribution is 2.48. The van der Waals surface area contributed by atoms with E-state index in [1.165, 1.54) is 0 Å². The second kappa shape index (κ2) is 7.43. The average molecular weight is 366 g/mol. The summed E-state index contributed by atoms with van der Waals surface area (Å²) in [6.07, 6.45) is 1.12. The number of para-hydroxylation sites is 1. The van der Waals surface area contributed by atoms with Gasteiger partial charge >= 0.3 is 0 Å². The van der Waals surface area contributed by atoms with Crippen LogP contribution in [0.2, 0.25) is 0 Å². The number of anilines is 2. The Labute approximate surface area is 160 Å². The fraction of sp³-hybridized carbons (Fsp3) is 0.364. The number of benzene rings is 2. The molecule has 5 nitrogen and oxygen atoms in total. The van der Waals surface area contributed by atoms with Gasteiger partial charge in [-0.1, -0.05) is 32.0 Å². The van der Waals surface area contributed by atoms with Crippen molar-refractivity contribution in [3.05, 3.63) is 53.6 Å². The second-order valence-electron chi connectivity index (χ2n) is 7.41. The van der Waals surface area contributed by atoms with Crippen LogP contribution in [-0.4, -0.2) is 18.9 Å².